The van der Waals surface area contributed by atoms with Gasteiger partial charge in [0.15, 0.2) is 4.96 Å². The molecule has 24 heavy (non-hydrogen) atoms. The third-order valence-electron chi connectivity index (χ3n) is 4.05. The van der Waals surface area contributed by atoms with E-state index in [4.69, 9.17) is 0 Å². The third kappa shape index (κ3) is 3.66. The number of aliphatic hydroxyl groups is 1. The van der Waals surface area contributed by atoms with Crippen LogP contribution in [-0.4, -0.2) is 26.9 Å². The first-order chi connectivity index (χ1) is 11.5. The maximum absolute atomic E-state index is 12.1. The maximum atomic E-state index is 12.1. The quantitative estimate of drug-likeness (QED) is 0.723. The molecule has 2 aromatic heterocycles. The van der Waals surface area contributed by atoms with Crippen molar-refractivity contribution >= 4 is 22.2 Å². The van der Waals surface area contributed by atoms with Crippen LogP contribution in [0.15, 0.2) is 35.8 Å². The van der Waals surface area contributed by atoms with Crippen molar-refractivity contribution in [3.8, 4) is 0 Å². The van der Waals surface area contributed by atoms with Crippen molar-refractivity contribution in [3.63, 3.8) is 0 Å². The fourth-order valence-corrected chi connectivity index (χ4v) is 3.69. The number of thiazole rings is 1. The number of hydrogen-bond acceptors (Lipinski definition) is 4. The zero-order valence-electron chi connectivity index (χ0n) is 13.8. The Balaban J connectivity index is 1.52. The average Bonchev–Trinajstić information content (AvgIpc) is 3.10. The van der Waals surface area contributed by atoms with Crippen LogP contribution in [-0.2, 0) is 11.2 Å². The summed E-state index contributed by atoms with van der Waals surface area (Å²) in [6, 6.07) is 7.66. The highest BCUT2D eigenvalue weighted by molar-refractivity contribution is 7.15. The molecule has 0 aliphatic rings. The topological polar surface area (TPSA) is 66.6 Å². The fourth-order valence-electron chi connectivity index (χ4n) is 2.73. The molecule has 1 atom stereocenters. The number of nitrogens with one attached hydrogen (secondary N) is 1. The minimum atomic E-state index is -0.681. The third-order valence-corrected chi connectivity index (χ3v) is 4.94. The summed E-state index contributed by atoms with van der Waals surface area (Å²) in [5.74, 6) is -0.0566. The summed E-state index contributed by atoms with van der Waals surface area (Å²) >= 11 is 1.58. The van der Waals surface area contributed by atoms with E-state index in [0.717, 1.165) is 27.5 Å². The van der Waals surface area contributed by atoms with Crippen molar-refractivity contribution in [1.82, 2.24) is 14.7 Å². The van der Waals surface area contributed by atoms with Crippen molar-refractivity contribution in [1.29, 1.82) is 0 Å². The molecule has 2 heterocycles. The van der Waals surface area contributed by atoms with Gasteiger partial charge in [-0.05, 0) is 31.4 Å². The van der Waals surface area contributed by atoms with E-state index in [1.54, 1.807) is 11.3 Å². The second kappa shape index (κ2) is 7.15. The molecule has 0 saturated heterocycles. The standard InChI is InChI=1S/C18H21N3O2S/c1-12-5-3-4-6-15(12)16(22)9-19-17(23)8-7-14-11-24-18-20-13(2)10-21(14)18/h3-6,10-11,16,22H,7-9H2,1-2H3,(H,19,23). The number of carbonyl (C=O) groups excluding carboxylic acids is 1. The molecule has 0 fully saturated rings. The van der Waals surface area contributed by atoms with E-state index in [9.17, 15) is 9.90 Å². The van der Waals surface area contributed by atoms with Gasteiger partial charge >= 0.3 is 0 Å². The number of rotatable bonds is 6. The fraction of sp³-hybridized carbons (Fsp3) is 0.333. The summed E-state index contributed by atoms with van der Waals surface area (Å²) in [7, 11) is 0. The molecule has 3 rings (SSSR count). The summed E-state index contributed by atoms with van der Waals surface area (Å²) in [5.41, 5.74) is 3.95. The van der Waals surface area contributed by atoms with Crippen LogP contribution in [0.25, 0.3) is 4.96 Å². The molecule has 1 amide bonds. The Bertz CT molecular complexity index is 853. The number of carbonyl (C=O) groups is 1. The number of aromatic nitrogens is 2. The second-order valence-electron chi connectivity index (χ2n) is 5.94. The monoisotopic (exact) mass is 343 g/mol. The van der Waals surface area contributed by atoms with Gasteiger partial charge in [0.25, 0.3) is 0 Å². The maximum Gasteiger partial charge on any atom is 0.220 e. The van der Waals surface area contributed by atoms with Gasteiger partial charge < -0.3 is 10.4 Å². The van der Waals surface area contributed by atoms with Gasteiger partial charge in [-0.2, -0.15) is 0 Å². The lowest BCUT2D eigenvalue weighted by molar-refractivity contribution is -0.121. The van der Waals surface area contributed by atoms with Crippen molar-refractivity contribution < 1.29 is 9.90 Å². The van der Waals surface area contributed by atoms with E-state index in [0.29, 0.717) is 12.8 Å². The molecule has 126 valence electrons. The Labute approximate surface area is 145 Å². The molecular weight excluding hydrogens is 322 g/mol. The van der Waals surface area contributed by atoms with Gasteiger partial charge in [0.1, 0.15) is 0 Å². The van der Waals surface area contributed by atoms with E-state index in [-0.39, 0.29) is 12.5 Å². The van der Waals surface area contributed by atoms with Gasteiger partial charge in [-0.1, -0.05) is 24.3 Å². The van der Waals surface area contributed by atoms with Crippen LogP contribution in [0.4, 0.5) is 0 Å². The first kappa shape index (κ1) is 16.7. The van der Waals surface area contributed by atoms with Gasteiger partial charge in [-0.25, -0.2) is 4.98 Å². The van der Waals surface area contributed by atoms with Gasteiger partial charge in [-0.3, -0.25) is 9.20 Å². The highest BCUT2D eigenvalue weighted by Crippen LogP contribution is 2.18. The van der Waals surface area contributed by atoms with E-state index in [1.165, 1.54) is 0 Å². The first-order valence-electron chi connectivity index (χ1n) is 7.97. The number of aryl methyl sites for hydroxylation is 3. The summed E-state index contributed by atoms with van der Waals surface area (Å²) in [6.45, 7) is 4.14. The Morgan fingerprint density at radius 3 is 2.96 bits per heavy atom. The summed E-state index contributed by atoms with van der Waals surface area (Å²) in [5, 5.41) is 15.1. The van der Waals surface area contributed by atoms with Crippen LogP contribution >= 0.6 is 11.3 Å². The second-order valence-corrected chi connectivity index (χ2v) is 6.77. The van der Waals surface area contributed by atoms with E-state index in [2.05, 4.69) is 10.3 Å². The van der Waals surface area contributed by atoms with Crippen LogP contribution in [0.3, 0.4) is 0 Å². The number of benzene rings is 1. The Kier molecular flexibility index (Phi) is 4.97. The highest BCUT2D eigenvalue weighted by atomic mass is 32.1. The smallest absolute Gasteiger partial charge is 0.220 e. The minimum absolute atomic E-state index is 0.0566. The largest absolute Gasteiger partial charge is 0.387 e. The predicted molar refractivity (Wildman–Crippen MR) is 95.3 cm³/mol. The first-order valence-corrected chi connectivity index (χ1v) is 8.85. The molecule has 0 spiro atoms. The van der Waals surface area contributed by atoms with Crippen LogP contribution in [0, 0.1) is 13.8 Å². The molecule has 1 aromatic carbocycles. The number of amides is 1. The Hall–Kier alpha value is -2.18. The molecule has 3 aromatic rings. The van der Waals surface area contributed by atoms with Crippen LogP contribution in [0.1, 0.15) is 35.0 Å². The molecule has 0 saturated carbocycles. The summed E-state index contributed by atoms with van der Waals surface area (Å²) < 4.78 is 2.04. The van der Waals surface area contributed by atoms with Gasteiger partial charge in [0, 0.05) is 30.2 Å². The number of hydrogen-bond donors (Lipinski definition) is 2. The lowest BCUT2D eigenvalue weighted by Crippen LogP contribution is -2.28. The molecule has 2 N–H and O–H groups in total. The lowest BCUT2D eigenvalue weighted by atomic mass is 10.0. The average molecular weight is 343 g/mol. The van der Waals surface area contributed by atoms with E-state index in [1.807, 2.05) is 54.1 Å². The zero-order valence-corrected chi connectivity index (χ0v) is 14.6. The number of aliphatic hydroxyl groups excluding tert-OH is 1. The molecule has 5 nitrogen and oxygen atoms in total. The molecule has 0 radical (unpaired) electrons. The summed E-state index contributed by atoms with van der Waals surface area (Å²) in [6.07, 6.45) is 2.35. The molecule has 0 aliphatic carbocycles. The number of imidazole rings is 1. The lowest BCUT2D eigenvalue weighted by Gasteiger charge is -2.14. The van der Waals surface area contributed by atoms with Gasteiger partial charge in [-0.15, -0.1) is 11.3 Å². The van der Waals surface area contributed by atoms with Gasteiger partial charge in [0.2, 0.25) is 5.91 Å². The van der Waals surface area contributed by atoms with Gasteiger partial charge in [0.05, 0.1) is 11.8 Å². The van der Waals surface area contributed by atoms with E-state index >= 15 is 0 Å². The predicted octanol–water partition coefficient (Wildman–Crippen LogP) is 2.80. The highest BCUT2D eigenvalue weighted by Gasteiger charge is 2.12. The van der Waals surface area contributed by atoms with Crippen LogP contribution in [0.5, 0.6) is 0 Å². The summed E-state index contributed by atoms with van der Waals surface area (Å²) in [4.78, 5) is 17.4. The van der Waals surface area contributed by atoms with Crippen molar-refractivity contribution in [2.24, 2.45) is 0 Å². The normalized spacial score (nSPS) is 12.5. The van der Waals surface area contributed by atoms with Crippen LogP contribution in [0.2, 0.25) is 0 Å². The Morgan fingerprint density at radius 1 is 1.38 bits per heavy atom. The van der Waals surface area contributed by atoms with E-state index < -0.39 is 6.10 Å². The Morgan fingerprint density at radius 2 is 2.17 bits per heavy atom. The van der Waals surface area contributed by atoms with Crippen LogP contribution < -0.4 is 5.32 Å². The van der Waals surface area contributed by atoms with Crippen molar-refractivity contribution in [3.05, 3.63) is 58.4 Å². The molecule has 0 bridgehead atoms. The van der Waals surface area contributed by atoms with Crippen molar-refractivity contribution in [2.75, 3.05) is 6.54 Å². The zero-order chi connectivity index (χ0) is 17.1. The number of fused-ring (bicyclic) bond motifs is 1. The minimum Gasteiger partial charge on any atom is -0.387 e. The molecule has 1 unspecified atom stereocenters. The molecular formula is C18H21N3O2S. The SMILES string of the molecule is Cc1cn2c(CCC(=O)NCC(O)c3ccccc3C)csc2n1. The molecule has 6 heteroatoms. The molecule has 0 aliphatic heterocycles. The number of nitrogens with zero attached hydrogens (tertiary/aromatic N) is 2. The van der Waals surface area contributed by atoms with Crippen molar-refractivity contribution in [2.45, 2.75) is 32.8 Å².